The summed E-state index contributed by atoms with van der Waals surface area (Å²) in [6.07, 6.45) is 8.70. The van der Waals surface area contributed by atoms with Gasteiger partial charge < -0.3 is 14.6 Å². The highest BCUT2D eigenvalue weighted by Gasteiger charge is 2.54. The molecule has 0 radical (unpaired) electrons. The first kappa shape index (κ1) is 20.4. The molecule has 1 heterocycles. The normalized spacial score (nSPS) is 24.4. The number of esters is 1. The van der Waals surface area contributed by atoms with Gasteiger partial charge in [0.05, 0.1) is 11.2 Å². The van der Waals surface area contributed by atoms with Crippen LogP contribution in [0.4, 0.5) is 0 Å². The summed E-state index contributed by atoms with van der Waals surface area (Å²) in [6, 6.07) is 0. The zero-order chi connectivity index (χ0) is 18.5. The predicted octanol–water partition coefficient (Wildman–Crippen LogP) is 3.87. The van der Waals surface area contributed by atoms with Gasteiger partial charge in [0.2, 0.25) is 0 Å². The van der Waals surface area contributed by atoms with Crippen LogP contribution in [0.15, 0.2) is 48.1 Å². The van der Waals surface area contributed by atoms with Crippen LogP contribution in [-0.2, 0) is 14.3 Å². The van der Waals surface area contributed by atoms with E-state index in [4.69, 9.17) is 9.47 Å². The van der Waals surface area contributed by atoms with Crippen molar-refractivity contribution < 1.29 is 19.4 Å². The van der Waals surface area contributed by atoms with E-state index in [-0.39, 0.29) is 23.8 Å². The maximum atomic E-state index is 12.1. The second-order valence-corrected chi connectivity index (χ2v) is 7.06. The summed E-state index contributed by atoms with van der Waals surface area (Å²) in [5, 5.41) is 9.86. The van der Waals surface area contributed by atoms with E-state index in [1.807, 2.05) is 33.8 Å². The van der Waals surface area contributed by atoms with Gasteiger partial charge in [0.15, 0.2) is 0 Å². The minimum atomic E-state index is -1.03. The number of allylic oxidation sites excluding steroid dienone is 3. The Kier molecular flexibility index (Phi) is 6.76. The molecule has 24 heavy (non-hydrogen) atoms. The number of hydrogen-bond acceptors (Lipinski definition) is 4. The Bertz CT molecular complexity index is 564. The van der Waals surface area contributed by atoms with E-state index in [0.717, 1.165) is 5.57 Å². The third-order valence-corrected chi connectivity index (χ3v) is 4.16. The van der Waals surface area contributed by atoms with E-state index in [0.29, 0.717) is 12.0 Å². The molecule has 0 aliphatic carbocycles. The second-order valence-electron chi connectivity index (χ2n) is 7.06. The van der Waals surface area contributed by atoms with E-state index in [2.05, 4.69) is 6.58 Å². The molecule has 3 atom stereocenters. The molecule has 4 nitrogen and oxygen atoms in total. The molecule has 0 aromatic carbocycles. The Morgan fingerprint density at radius 3 is 2.50 bits per heavy atom. The number of carbonyl (C=O) groups excluding carboxylic acids is 1. The first-order valence-electron chi connectivity index (χ1n) is 8.25. The van der Waals surface area contributed by atoms with E-state index >= 15 is 0 Å². The lowest BCUT2D eigenvalue weighted by Gasteiger charge is -2.17. The summed E-state index contributed by atoms with van der Waals surface area (Å²) >= 11 is 0. The molecular formula is C20H30O4. The van der Waals surface area contributed by atoms with Gasteiger partial charge in [0.1, 0.15) is 12.2 Å². The lowest BCUT2D eigenvalue weighted by Crippen LogP contribution is -2.28. The van der Waals surface area contributed by atoms with E-state index in [1.54, 1.807) is 32.1 Å². The molecular weight excluding hydrogens is 304 g/mol. The number of carbonyl (C=O) groups is 1. The van der Waals surface area contributed by atoms with Crippen LogP contribution in [0.3, 0.4) is 0 Å². The fourth-order valence-electron chi connectivity index (χ4n) is 2.24. The standard InChI is InChI=1S/C20H30O4/c1-8-15(4)18(21)23-16(17-19(5,6)24-17)13-14(3)11-10-12-20(7,22)9-2/h8-12,16-17,22H,2,13H2,1,3-7H3/b12-10+,14-11-,15-8+/t16-,17+,20-/m1/s1. The van der Waals surface area contributed by atoms with Gasteiger partial charge in [-0.2, -0.15) is 0 Å². The van der Waals surface area contributed by atoms with Crippen molar-refractivity contribution in [2.24, 2.45) is 0 Å². The highest BCUT2D eigenvalue weighted by atomic mass is 16.6. The van der Waals surface area contributed by atoms with Gasteiger partial charge in [-0.15, -0.1) is 0 Å². The molecule has 0 aromatic rings. The largest absolute Gasteiger partial charge is 0.456 e. The molecule has 1 aliphatic rings. The SMILES string of the molecule is C=C[C@@](C)(O)/C=C/C=C(/C)C[C@@H](OC(=O)/C(C)=C/C)[C@@H]1OC1(C)C. The molecule has 0 spiro atoms. The summed E-state index contributed by atoms with van der Waals surface area (Å²) in [5.74, 6) is -0.313. The molecule has 1 fully saturated rings. The highest BCUT2D eigenvalue weighted by Crippen LogP contribution is 2.40. The fourth-order valence-corrected chi connectivity index (χ4v) is 2.24. The van der Waals surface area contributed by atoms with Crippen LogP contribution in [-0.4, -0.2) is 34.5 Å². The fraction of sp³-hybridized carbons (Fsp3) is 0.550. The average Bonchev–Trinajstić information content (AvgIpc) is 3.14. The quantitative estimate of drug-likeness (QED) is 0.241. The van der Waals surface area contributed by atoms with Crippen LogP contribution in [0.5, 0.6) is 0 Å². The summed E-state index contributed by atoms with van der Waals surface area (Å²) < 4.78 is 11.3. The predicted molar refractivity (Wildman–Crippen MR) is 96.6 cm³/mol. The summed E-state index contributed by atoms with van der Waals surface area (Å²) in [4.78, 5) is 12.1. The van der Waals surface area contributed by atoms with Gasteiger partial charge in [0.25, 0.3) is 0 Å². The lowest BCUT2D eigenvalue weighted by atomic mass is 9.99. The number of hydrogen-bond donors (Lipinski definition) is 1. The monoisotopic (exact) mass is 334 g/mol. The topological polar surface area (TPSA) is 59.1 Å². The Morgan fingerprint density at radius 1 is 1.46 bits per heavy atom. The van der Waals surface area contributed by atoms with Gasteiger partial charge in [-0.3, -0.25) is 0 Å². The van der Waals surface area contributed by atoms with Crippen molar-refractivity contribution in [3.05, 3.63) is 48.1 Å². The third-order valence-electron chi connectivity index (χ3n) is 4.16. The molecule has 1 aliphatic heterocycles. The van der Waals surface area contributed by atoms with Crippen molar-refractivity contribution in [1.29, 1.82) is 0 Å². The van der Waals surface area contributed by atoms with Crippen LogP contribution in [0.25, 0.3) is 0 Å². The Morgan fingerprint density at radius 2 is 2.04 bits per heavy atom. The second kappa shape index (κ2) is 7.95. The van der Waals surface area contributed by atoms with Gasteiger partial charge in [-0.25, -0.2) is 4.79 Å². The van der Waals surface area contributed by atoms with E-state index in [1.165, 1.54) is 6.08 Å². The Labute approximate surface area is 145 Å². The average molecular weight is 334 g/mol. The zero-order valence-corrected chi connectivity index (χ0v) is 15.6. The minimum absolute atomic E-state index is 0.102. The minimum Gasteiger partial charge on any atom is -0.456 e. The number of aliphatic hydroxyl groups is 1. The van der Waals surface area contributed by atoms with Crippen LogP contribution < -0.4 is 0 Å². The first-order chi connectivity index (χ1) is 11.0. The highest BCUT2D eigenvalue weighted by molar-refractivity contribution is 5.87. The molecule has 0 saturated carbocycles. The van der Waals surface area contributed by atoms with Gasteiger partial charge in [-0.05, 0) is 47.6 Å². The zero-order valence-electron chi connectivity index (χ0n) is 15.6. The van der Waals surface area contributed by atoms with Gasteiger partial charge >= 0.3 is 5.97 Å². The van der Waals surface area contributed by atoms with Crippen LogP contribution in [0.2, 0.25) is 0 Å². The van der Waals surface area contributed by atoms with Crippen molar-refractivity contribution in [1.82, 2.24) is 0 Å². The van der Waals surface area contributed by atoms with Crippen molar-refractivity contribution >= 4 is 5.97 Å². The Balaban J connectivity index is 2.78. The lowest BCUT2D eigenvalue weighted by molar-refractivity contribution is -0.145. The molecule has 4 heteroatoms. The van der Waals surface area contributed by atoms with E-state index < -0.39 is 5.60 Å². The molecule has 1 N–H and O–H groups in total. The third kappa shape index (κ3) is 6.10. The first-order valence-corrected chi connectivity index (χ1v) is 8.25. The van der Waals surface area contributed by atoms with Gasteiger partial charge in [0, 0.05) is 12.0 Å². The maximum Gasteiger partial charge on any atom is 0.333 e. The molecule has 0 amide bonds. The van der Waals surface area contributed by atoms with Crippen molar-refractivity contribution in [2.45, 2.75) is 71.4 Å². The molecule has 0 bridgehead atoms. The van der Waals surface area contributed by atoms with Gasteiger partial charge in [-0.1, -0.05) is 36.5 Å². The number of ether oxygens (including phenoxy) is 2. The number of epoxide rings is 1. The molecule has 0 aromatic heterocycles. The Hall–Kier alpha value is -1.65. The summed E-state index contributed by atoms with van der Waals surface area (Å²) in [6.45, 7) is 14.7. The van der Waals surface area contributed by atoms with Crippen molar-refractivity contribution in [3.8, 4) is 0 Å². The smallest absolute Gasteiger partial charge is 0.333 e. The molecule has 0 unspecified atom stereocenters. The molecule has 134 valence electrons. The van der Waals surface area contributed by atoms with Crippen molar-refractivity contribution in [3.63, 3.8) is 0 Å². The molecule has 1 saturated heterocycles. The van der Waals surface area contributed by atoms with Crippen LogP contribution >= 0.6 is 0 Å². The molecule has 1 rings (SSSR count). The van der Waals surface area contributed by atoms with Crippen LogP contribution in [0.1, 0.15) is 48.0 Å². The van der Waals surface area contributed by atoms with Crippen molar-refractivity contribution in [2.75, 3.05) is 0 Å². The summed E-state index contributed by atoms with van der Waals surface area (Å²) in [5.41, 5.74) is 0.320. The van der Waals surface area contributed by atoms with Crippen LogP contribution in [0, 0.1) is 0 Å². The number of rotatable bonds is 8. The maximum absolute atomic E-state index is 12.1. The summed E-state index contributed by atoms with van der Waals surface area (Å²) in [7, 11) is 0. The van der Waals surface area contributed by atoms with E-state index in [9.17, 15) is 9.90 Å².